The molecule has 1 fully saturated rings. The summed E-state index contributed by atoms with van der Waals surface area (Å²) in [6.07, 6.45) is 0.0366. The molecule has 0 saturated carbocycles. The second-order valence-electron chi connectivity index (χ2n) is 8.15. The van der Waals surface area contributed by atoms with Gasteiger partial charge in [-0.15, -0.1) is 0 Å². The average molecular weight is 402 g/mol. The number of carbonyl (C=O) groups excluding carboxylic acids is 5. The highest BCUT2D eigenvalue weighted by molar-refractivity contribution is 6.25. The number of hydrogen-bond donors (Lipinski definition) is 1. The van der Waals surface area contributed by atoms with E-state index in [0.29, 0.717) is 0 Å². The number of fused-ring (bicyclic) bond motifs is 1. The van der Waals surface area contributed by atoms with Crippen LogP contribution in [0.4, 0.5) is 0 Å². The molecule has 154 valence electrons. The van der Waals surface area contributed by atoms with E-state index in [4.69, 9.17) is 9.47 Å². The summed E-state index contributed by atoms with van der Waals surface area (Å²) in [6.45, 7) is 6.14. The average Bonchev–Trinajstić information content (AvgIpc) is 2.87. The lowest BCUT2D eigenvalue weighted by Crippen LogP contribution is -2.62. The van der Waals surface area contributed by atoms with Gasteiger partial charge in [0.2, 0.25) is 5.91 Å². The van der Waals surface area contributed by atoms with Crippen molar-refractivity contribution < 1.29 is 33.4 Å². The molecule has 1 aromatic rings. The number of ether oxygens (including phenoxy) is 2. The number of carbonyl (C=O) groups is 5. The summed E-state index contributed by atoms with van der Waals surface area (Å²) in [5.41, 5.74) is -2.14. The third-order valence-corrected chi connectivity index (χ3v) is 4.72. The van der Waals surface area contributed by atoms with Crippen LogP contribution in [-0.4, -0.2) is 52.2 Å². The molecule has 1 atom stereocenters. The molecule has 4 amide bonds. The van der Waals surface area contributed by atoms with Gasteiger partial charge in [0.05, 0.1) is 11.1 Å². The monoisotopic (exact) mass is 402 g/mol. The first-order valence-corrected chi connectivity index (χ1v) is 9.15. The van der Waals surface area contributed by atoms with E-state index in [-0.39, 0.29) is 29.7 Å². The van der Waals surface area contributed by atoms with Gasteiger partial charge >= 0.3 is 5.97 Å². The van der Waals surface area contributed by atoms with E-state index in [9.17, 15) is 24.0 Å². The Morgan fingerprint density at radius 2 is 1.86 bits per heavy atom. The van der Waals surface area contributed by atoms with Crippen LogP contribution in [0, 0.1) is 0 Å². The molecule has 9 nitrogen and oxygen atoms in total. The van der Waals surface area contributed by atoms with Crippen molar-refractivity contribution in [2.24, 2.45) is 0 Å². The maximum absolute atomic E-state index is 13.1. The smallest absolute Gasteiger partial charge is 0.344 e. The number of imide groups is 2. The van der Waals surface area contributed by atoms with Crippen LogP contribution in [0.25, 0.3) is 0 Å². The van der Waals surface area contributed by atoms with Crippen LogP contribution >= 0.6 is 0 Å². The van der Waals surface area contributed by atoms with Crippen molar-refractivity contribution in [1.82, 2.24) is 10.2 Å². The lowest BCUT2D eigenvalue weighted by Gasteiger charge is -2.38. The molecule has 29 heavy (non-hydrogen) atoms. The van der Waals surface area contributed by atoms with E-state index in [1.807, 2.05) is 0 Å². The highest BCUT2D eigenvalue weighted by Gasteiger charge is 2.53. The molecule has 1 N–H and O–H groups in total. The summed E-state index contributed by atoms with van der Waals surface area (Å²) in [5.74, 6) is -3.10. The van der Waals surface area contributed by atoms with Gasteiger partial charge in [-0.3, -0.25) is 29.4 Å². The standard InChI is InChI=1S/C20H22N2O7/c1-19(2,3)29-14(24)10-28-12-7-5-6-11-15(12)17(26)22(16(11)25)20(4)9-8-13(23)21-18(20)27/h5-7H,8-10H2,1-4H3,(H,21,23,27)/t20-/m1/s1. The number of rotatable bonds is 4. The van der Waals surface area contributed by atoms with Crippen LogP contribution in [-0.2, 0) is 19.1 Å². The van der Waals surface area contributed by atoms with E-state index in [1.165, 1.54) is 25.1 Å². The van der Waals surface area contributed by atoms with E-state index in [0.717, 1.165) is 4.90 Å². The molecule has 0 spiro atoms. The van der Waals surface area contributed by atoms with Crippen molar-refractivity contribution in [3.63, 3.8) is 0 Å². The van der Waals surface area contributed by atoms with Gasteiger partial charge in [-0.05, 0) is 46.2 Å². The lowest BCUT2D eigenvalue weighted by molar-refractivity contribution is -0.157. The van der Waals surface area contributed by atoms with Gasteiger partial charge in [-0.1, -0.05) is 6.07 Å². The van der Waals surface area contributed by atoms with Crippen LogP contribution in [0.3, 0.4) is 0 Å². The number of nitrogens with one attached hydrogen (secondary N) is 1. The lowest BCUT2D eigenvalue weighted by atomic mass is 9.89. The van der Waals surface area contributed by atoms with Gasteiger partial charge in [-0.2, -0.15) is 0 Å². The third kappa shape index (κ3) is 3.72. The summed E-state index contributed by atoms with van der Waals surface area (Å²) >= 11 is 0. The summed E-state index contributed by atoms with van der Waals surface area (Å²) < 4.78 is 10.6. The number of amides is 4. The minimum Gasteiger partial charge on any atom is -0.481 e. The fourth-order valence-corrected chi connectivity index (χ4v) is 3.34. The molecule has 2 aliphatic heterocycles. The molecular formula is C20H22N2O7. The molecule has 0 bridgehead atoms. The van der Waals surface area contributed by atoms with Crippen LogP contribution in [0.1, 0.15) is 61.3 Å². The Bertz CT molecular complexity index is 931. The molecule has 0 radical (unpaired) electrons. The number of benzene rings is 1. The predicted molar refractivity (Wildman–Crippen MR) is 99.1 cm³/mol. The van der Waals surface area contributed by atoms with E-state index in [1.54, 1.807) is 20.8 Å². The van der Waals surface area contributed by atoms with E-state index < -0.39 is 47.3 Å². The number of hydrogen-bond acceptors (Lipinski definition) is 7. The fraction of sp³-hybridized carbons (Fsp3) is 0.450. The molecule has 2 aliphatic rings. The highest BCUT2D eigenvalue weighted by atomic mass is 16.6. The topological polar surface area (TPSA) is 119 Å². The first-order chi connectivity index (χ1) is 13.4. The van der Waals surface area contributed by atoms with Crippen molar-refractivity contribution in [1.29, 1.82) is 0 Å². The number of esters is 1. The summed E-state index contributed by atoms with van der Waals surface area (Å²) in [5, 5.41) is 2.17. The van der Waals surface area contributed by atoms with Crippen molar-refractivity contribution in [2.75, 3.05) is 6.61 Å². The Morgan fingerprint density at radius 1 is 1.17 bits per heavy atom. The summed E-state index contributed by atoms with van der Waals surface area (Å²) in [4.78, 5) is 62.7. The molecular weight excluding hydrogens is 380 g/mol. The first-order valence-electron chi connectivity index (χ1n) is 9.15. The molecule has 2 heterocycles. The van der Waals surface area contributed by atoms with Crippen molar-refractivity contribution >= 4 is 29.6 Å². The minimum absolute atomic E-state index is 0.0116. The van der Waals surface area contributed by atoms with Gasteiger partial charge in [-0.25, -0.2) is 4.79 Å². The van der Waals surface area contributed by atoms with Crippen LogP contribution in [0.5, 0.6) is 5.75 Å². The van der Waals surface area contributed by atoms with Crippen LogP contribution in [0.2, 0.25) is 0 Å². The summed E-state index contributed by atoms with van der Waals surface area (Å²) in [7, 11) is 0. The van der Waals surface area contributed by atoms with Crippen LogP contribution in [0.15, 0.2) is 18.2 Å². The molecule has 0 unspecified atom stereocenters. The quantitative estimate of drug-likeness (QED) is 0.594. The SMILES string of the molecule is CC(C)(C)OC(=O)COc1cccc2c1C(=O)N([C@]1(C)CCC(=O)NC1=O)C2=O. The first kappa shape index (κ1) is 20.5. The Balaban J connectivity index is 1.87. The molecule has 1 saturated heterocycles. The van der Waals surface area contributed by atoms with Gasteiger partial charge in [0.15, 0.2) is 6.61 Å². The van der Waals surface area contributed by atoms with Crippen molar-refractivity contribution in [2.45, 2.75) is 51.7 Å². The Morgan fingerprint density at radius 3 is 2.48 bits per heavy atom. The Kier molecular flexibility index (Phi) is 4.94. The Labute approximate surface area is 167 Å². The maximum atomic E-state index is 13.1. The normalized spacial score (nSPS) is 21.7. The number of nitrogens with zero attached hydrogens (tertiary/aromatic N) is 1. The van der Waals surface area contributed by atoms with Gasteiger partial charge in [0.1, 0.15) is 16.9 Å². The minimum atomic E-state index is -1.50. The maximum Gasteiger partial charge on any atom is 0.344 e. The molecule has 9 heteroatoms. The third-order valence-electron chi connectivity index (χ3n) is 4.72. The van der Waals surface area contributed by atoms with E-state index >= 15 is 0 Å². The zero-order chi connectivity index (χ0) is 21.6. The fourth-order valence-electron chi connectivity index (χ4n) is 3.34. The zero-order valence-electron chi connectivity index (χ0n) is 16.7. The second kappa shape index (κ2) is 6.98. The number of piperidine rings is 1. The van der Waals surface area contributed by atoms with Crippen molar-refractivity contribution in [3.05, 3.63) is 29.3 Å². The van der Waals surface area contributed by atoms with Gasteiger partial charge < -0.3 is 9.47 Å². The van der Waals surface area contributed by atoms with Crippen molar-refractivity contribution in [3.8, 4) is 5.75 Å². The largest absolute Gasteiger partial charge is 0.481 e. The zero-order valence-corrected chi connectivity index (χ0v) is 16.7. The van der Waals surface area contributed by atoms with Gasteiger partial charge in [0.25, 0.3) is 17.7 Å². The predicted octanol–water partition coefficient (Wildman–Crippen LogP) is 1.20. The summed E-state index contributed by atoms with van der Waals surface area (Å²) in [6, 6.07) is 4.43. The highest BCUT2D eigenvalue weighted by Crippen LogP contribution is 2.37. The van der Waals surface area contributed by atoms with Gasteiger partial charge in [0, 0.05) is 6.42 Å². The molecule has 3 rings (SSSR count). The molecule has 0 aromatic heterocycles. The Hall–Kier alpha value is -3.23. The van der Waals surface area contributed by atoms with Crippen LogP contribution < -0.4 is 10.1 Å². The van der Waals surface area contributed by atoms with E-state index in [2.05, 4.69) is 5.32 Å². The molecule has 1 aromatic carbocycles. The second-order valence-corrected chi connectivity index (χ2v) is 8.15. The molecule has 0 aliphatic carbocycles.